The highest BCUT2D eigenvalue weighted by molar-refractivity contribution is 5.97. The van der Waals surface area contributed by atoms with Crippen LogP contribution >= 0.6 is 0 Å². The van der Waals surface area contributed by atoms with E-state index in [0.717, 1.165) is 16.8 Å². The minimum atomic E-state index is -0.0925. The normalized spacial score (nSPS) is 17.9. The predicted octanol–water partition coefficient (Wildman–Crippen LogP) is 2.66. The van der Waals surface area contributed by atoms with Crippen LogP contribution < -0.4 is 0 Å². The fraction of sp³-hybridized carbons (Fsp3) is 0.312. The first-order valence-corrected chi connectivity index (χ1v) is 6.33. The van der Waals surface area contributed by atoms with Gasteiger partial charge in [0.15, 0.2) is 5.78 Å². The summed E-state index contributed by atoms with van der Waals surface area (Å²) in [6.45, 7) is 0. The van der Waals surface area contributed by atoms with Gasteiger partial charge in [-0.1, -0.05) is 30.3 Å². The lowest BCUT2D eigenvalue weighted by atomic mass is 10.00. The van der Waals surface area contributed by atoms with Gasteiger partial charge in [-0.3, -0.25) is 4.79 Å². The van der Waals surface area contributed by atoms with Crippen molar-refractivity contribution in [3.05, 3.63) is 59.3 Å². The molecule has 1 aromatic carbocycles. The van der Waals surface area contributed by atoms with Gasteiger partial charge < -0.3 is 9.64 Å². The summed E-state index contributed by atoms with van der Waals surface area (Å²) in [4.78, 5) is 14.3. The minimum absolute atomic E-state index is 0.0925. The fourth-order valence-electron chi connectivity index (χ4n) is 2.29. The van der Waals surface area contributed by atoms with Gasteiger partial charge in [0.25, 0.3) is 0 Å². The number of Topliss-reactive ketones (excluding diaryl/α,β-unsaturated/α-hetero) is 1. The zero-order chi connectivity index (χ0) is 13.8. The zero-order valence-electron chi connectivity index (χ0n) is 11.6. The smallest absolute Gasteiger partial charge is 0.167 e. The summed E-state index contributed by atoms with van der Waals surface area (Å²) >= 11 is 0. The number of ketones is 1. The zero-order valence-corrected chi connectivity index (χ0v) is 11.6. The van der Waals surface area contributed by atoms with Crippen LogP contribution in [0.4, 0.5) is 0 Å². The van der Waals surface area contributed by atoms with Crippen LogP contribution in [0.2, 0.25) is 0 Å². The summed E-state index contributed by atoms with van der Waals surface area (Å²) in [5.41, 5.74) is 2.84. The summed E-state index contributed by atoms with van der Waals surface area (Å²) in [5.74, 6) is 0.126. The molecule has 0 bridgehead atoms. The van der Waals surface area contributed by atoms with Gasteiger partial charge in [-0.15, -0.1) is 0 Å². The average molecular weight is 257 g/mol. The number of carbonyl (C=O) groups excluding carboxylic acids is 1. The van der Waals surface area contributed by atoms with E-state index in [1.807, 2.05) is 61.5 Å². The molecule has 1 aromatic rings. The van der Waals surface area contributed by atoms with E-state index in [2.05, 4.69) is 0 Å². The second kappa shape index (κ2) is 5.85. The Morgan fingerprint density at radius 1 is 1.26 bits per heavy atom. The molecule has 2 rings (SSSR count). The molecule has 1 aliphatic rings. The number of benzene rings is 1. The van der Waals surface area contributed by atoms with Crippen molar-refractivity contribution in [2.75, 3.05) is 21.2 Å². The van der Waals surface area contributed by atoms with Gasteiger partial charge in [0, 0.05) is 38.9 Å². The molecule has 0 heterocycles. The lowest BCUT2D eigenvalue weighted by Crippen LogP contribution is -2.17. The number of hydrogen-bond acceptors (Lipinski definition) is 3. The number of allylic oxidation sites excluding steroid dienone is 1. The van der Waals surface area contributed by atoms with E-state index in [1.165, 1.54) is 0 Å². The maximum Gasteiger partial charge on any atom is 0.167 e. The maximum absolute atomic E-state index is 12.3. The summed E-state index contributed by atoms with van der Waals surface area (Å²) in [6, 6.07) is 9.38. The van der Waals surface area contributed by atoms with Crippen LogP contribution in [0.5, 0.6) is 0 Å². The third-order valence-corrected chi connectivity index (χ3v) is 3.28. The summed E-state index contributed by atoms with van der Waals surface area (Å²) in [7, 11) is 5.62. The average Bonchev–Trinajstić information content (AvgIpc) is 2.82. The van der Waals surface area contributed by atoms with E-state index < -0.39 is 0 Å². The molecular weight excluding hydrogens is 238 g/mol. The minimum Gasteiger partial charge on any atom is -0.378 e. The van der Waals surface area contributed by atoms with E-state index in [4.69, 9.17) is 4.74 Å². The first kappa shape index (κ1) is 13.6. The van der Waals surface area contributed by atoms with Gasteiger partial charge in [0.1, 0.15) is 0 Å². The molecule has 100 valence electrons. The van der Waals surface area contributed by atoms with Crippen molar-refractivity contribution in [3.63, 3.8) is 0 Å². The molecule has 0 saturated heterocycles. The van der Waals surface area contributed by atoms with Crippen LogP contribution in [0.3, 0.4) is 0 Å². The predicted molar refractivity (Wildman–Crippen MR) is 76.0 cm³/mol. The topological polar surface area (TPSA) is 29.5 Å². The molecule has 0 amide bonds. The van der Waals surface area contributed by atoms with E-state index in [9.17, 15) is 4.79 Å². The lowest BCUT2D eigenvalue weighted by molar-refractivity contribution is 0.0976. The number of ether oxygens (including phenoxy) is 1. The van der Waals surface area contributed by atoms with Crippen LogP contribution in [0.15, 0.2) is 53.8 Å². The van der Waals surface area contributed by atoms with Crippen LogP contribution in [0.1, 0.15) is 16.8 Å². The van der Waals surface area contributed by atoms with E-state index in [0.29, 0.717) is 6.42 Å². The Morgan fingerprint density at radius 2 is 1.95 bits per heavy atom. The summed E-state index contributed by atoms with van der Waals surface area (Å²) in [5, 5.41) is 0. The van der Waals surface area contributed by atoms with Crippen molar-refractivity contribution >= 4 is 5.78 Å². The van der Waals surface area contributed by atoms with Crippen molar-refractivity contribution in [1.29, 1.82) is 0 Å². The number of carbonyl (C=O) groups is 1. The molecule has 0 radical (unpaired) electrons. The monoisotopic (exact) mass is 257 g/mol. The Balaban J connectivity index is 2.21. The molecule has 0 aromatic heterocycles. The molecule has 0 aliphatic heterocycles. The first-order chi connectivity index (χ1) is 9.13. The molecule has 0 saturated carbocycles. The Labute approximate surface area is 114 Å². The van der Waals surface area contributed by atoms with Crippen LogP contribution in [-0.4, -0.2) is 38.0 Å². The first-order valence-electron chi connectivity index (χ1n) is 6.33. The second-order valence-corrected chi connectivity index (χ2v) is 4.79. The van der Waals surface area contributed by atoms with Crippen LogP contribution in [0.25, 0.3) is 0 Å². The van der Waals surface area contributed by atoms with Crippen LogP contribution in [0, 0.1) is 0 Å². The maximum atomic E-state index is 12.3. The third kappa shape index (κ3) is 2.93. The third-order valence-electron chi connectivity index (χ3n) is 3.28. The van der Waals surface area contributed by atoms with E-state index in [1.54, 1.807) is 7.11 Å². The lowest BCUT2D eigenvalue weighted by Gasteiger charge is -2.18. The van der Waals surface area contributed by atoms with E-state index in [-0.39, 0.29) is 11.9 Å². The number of nitrogens with zero attached hydrogens (tertiary/aromatic N) is 1. The Hall–Kier alpha value is -1.87. The van der Waals surface area contributed by atoms with Crippen LogP contribution in [-0.2, 0) is 4.74 Å². The molecule has 1 atom stereocenters. The highest BCUT2D eigenvalue weighted by atomic mass is 16.5. The largest absolute Gasteiger partial charge is 0.378 e. The summed E-state index contributed by atoms with van der Waals surface area (Å²) in [6.07, 6.45) is 4.30. The molecule has 0 spiro atoms. The Kier molecular flexibility index (Phi) is 4.17. The van der Waals surface area contributed by atoms with E-state index >= 15 is 0 Å². The standard InChI is InChI=1S/C16H19NO2/c1-17(2)14-9-10-16(19-3)13(14)11-15(18)12-7-5-4-6-8-12/h4-10,16H,11H2,1-3H3. The molecule has 0 fully saturated rings. The second-order valence-electron chi connectivity index (χ2n) is 4.79. The highest BCUT2D eigenvalue weighted by Crippen LogP contribution is 2.27. The Bertz CT molecular complexity index is 515. The van der Waals surface area contributed by atoms with Crippen molar-refractivity contribution in [1.82, 2.24) is 4.90 Å². The number of likely N-dealkylation sites (N-methyl/N-ethyl adjacent to an activating group) is 1. The molecule has 0 N–H and O–H groups in total. The van der Waals surface area contributed by atoms with Crippen molar-refractivity contribution < 1.29 is 9.53 Å². The van der Waals surface area contributed by atoms with Gasteiger partial charge in [-0.2, -0.15) is 0 Å². The fourth-order valence-corrected chi connectivity index (χ4v) is 2.29. The SMILES string of the molecule is COC1C=CC(N(C)C)=C1CC(=O)c1ccccc1. The van der Waals surface area contributed by atoms with Crippen molar-refractivity contribution in [3.8, 4) is 0 Å². The van der Waals surface area contributed by atoms with Crippen molar-refractivity contribution in [2.24, 2.45) is 0 Å². The Morgan fingerprint density at radius 3 is 2.53 bits per heavy atom. The van der Waals surface area contributed by atoms with Gasteiger partial charge >= 0.3 is 0 Å². The summed E-state index contributed by atoms with van der Waals surface area (Å²) < 4.78 is 5.42. The number of hydrogen-bond donors (Lipinski definition) is 0. The molecule has 1 aliphatic carbocycles. The van der Waals surface area contributed by atoms with Gasteiger partial charge in [0.2, 0.25) is 0 Å². The molecule has 3 heteroatoms. The highest BCUT2D eigenvalue weighted by Gasteiger charge is 2.24. The molecule has 3 nitrogen and oxygen atoms in total. The van der Waals surface area contributed by atoms with Gasteiger partial charge in [-0.25, -0.2) is 0 Å². The quantitative estimate of drug-likeness (QED) is 0.759. The molecular formula is C16H19NO2. The van der Waals surface area contributed by atoms with Gasteiger partial charge in [-0.05, 0) is 17.7 Å². The molecule has 19 heavy (non-hydrogen) atoms. The number of methoxy groups -OCH3 is 1. The number of rotatable bonds is 5. The molecule has 1 unspecified atom stereocenters. The van der Waals surface area contributed by atoms with Crippen molar-refractivity contribution in [2.45, 2.75) is 12.5 Å². The van der Waals surface area contributed by atoms with Gasteiger partial charge in [0.05, 0.1) is 6.10 Å².